The summed E-state index contributed by atoms with van der Waals surface area (Å²) < 4.78 is 45.2. The van der Waals surface area contributed by atoms with E-state index in [4.69, 9.17) is 4.74 Å². The number of aliphatic hydroxyl groups is 1. The highest BCUT2D eigenvalue weighted by molar-refractivity contribution is 5.90. The number of aromatic amines is 1. The fourth-order valence-corrected chi connectivity index (χ4v) is 3.19. The molecule has 2 aromatic carbocycles. The van der Waals surface area contributed by atoms with Gasteiger partial charge in [-0.2, -0.15) is 13.2 Å². The SMILES string of the molecule is CCOc1ccc(NC(=O)NC(CO)Cc2c[nH]c3ccccc23)c(C(F)(F)F)c1. The van der Waals surface area contributed by atoms with E-state index in [1.165, 1.54) is 6.07 Å². The van der Waals surface area contributed by atoms with E-state index >= 15 is 0 Å². The van der Waals surface area contributed by atoms with Crippen molar-refractivity contribution in [1.29, 1.82) is 0 Å². The fourth-order valence-electron chi connectivity index (χ4n) is 3.19. The lowest BCUT2D eigenvalue weighted by molar-refractivity contribution is -0.137. The molecular formula is C21H22F3N3O3. The molecule has 3 rings (SSSR count). The van der Waals surface area contributed by atoms with Gasteiger partial charge in [0.25, 0.3) is 0 Å². The number of carbonyl (C=O) groups excluding carboxylic acids is 1. The third-order valence-corrected chi connectivity index (χ3v) is 4.55. The fraction of sp³-hybridized carbons (Fsp3) is 0.286. The Bertz CT molecular complexity index is 1020. The number of alkyl halides is 3. The van der Waals surface area contributed by atoms with Gasteiger partial charge >= 0.3 is 12.2 Å². The minimum Gasteiger partial charge on any atom is -0.494 e. The van der Waals surface area contributed by atoms with Crippen molar-refractivity contribution in [3.8, 4) is 5.75 Å². The molecule has 0 saturated carbocycles. The zero-order valence-corrected chi connectivity index (χ0v) is 16.2. The summed E-state index contributed by atoms with van der Waals surface area (Å²) in [4.78, 5) is 15.4. The number of hydrogen-bond acceptors (Lipinski definition) is 3. The molecule has 0 aliphatic heterocycles. The van der Waals surface area contributed by atoms with E-state index in [0.717, 1.165) is 28.6 Å². The third-order valence-electron chi connectivity index (χ3n) is 4.55. The van der Waals surface area contributed by atoms with Crippen LogP contribution in [0, 0.1) is 0 Å². The Balaban J connectivity index is 1.72. The van der Waals surface area contributed by atoms with Gasteiger partial charge in [-0.25, -0.2) is 4.79 Å². The maximum absolute atomic E-state index is 13.4. The molecule has 1 heterocycles. The van der Waals surface area contributed by atoms with Crippen molar-refractivity contribution in [3.05, 3.63) is 59.8 Å². The zero-order chi connectivity index (χ0) is 21.7. The molecule has 4 N–H and O–H groups in total. The molecule has 1 aromatic heterocycles. The molecule has 2 amide bonds. The smallest absolute Gasteiger partial charge is 0.418 e. The van der Waals surface area contributed by atoms with Crippen molar-refractivity contribution in [2.45, 2.75) is 25.6 Å². The number of urea groups is 1. The Morgan fingerprint density at radius 3 is 2.70 bits per heavy atom. The quantitative estimate of drug-likeness (QED) is 0.459. The largest absolute Gasteiger partial charge is 0.494 e. The van der Waals surface area contributed by atoms with Crippen molar-refractivity contribution < 1.29 is 27.8 Å². The lowest BCUT2D eigenvalue weighted by atomic mass is 10.1. The van der Waals surface area contributed by atoms with Crippen LogP contribution in [0.1, 0.15) is 18.1 Å². The lowest BCUT2D eigenvalue weighted by Crippen LogP contribution is -2.41. The summed E-state index contributed by atoms with van der Waals surface area (Å²) in [7, 11) is 0. The normalized spacial score (nSPS) is 12.6. The van der Waals surface area contributed by atoms with Gasteiger partial charge in [-0.1, -0.05) is 18.2 Å². The molecule has 0 aliphatic carbocycles. The summed E-state index contributed by atoms with van der Waals surface area (Å²) in [5.41, 5.74) is 0.382. The van der Waals surface area contributed by atoms with Crippen LogP contribution in [0.3, 0.4) is 0 Å². The van der Waals surface area contributed by atoms with Crippen molar-refractivity contribution >= 4 is 22.6 Å². The predicted molar refractivity (Wildman–Crippen MR) is 108 cm³/mol. The molecule has 0 saturated heterocycles. The van der Waals surface area contributed by atoms with Crippen molar-refractivity contribution in [2.75, 3.05) is 18.5 Å². The Labute approximate surface area is 171 Å². The number of nitrogens with one attached hydrogen (secondary N) is 3. The molecule has 0 spiro atoms. The predicted octanol–water partition coefficient (Wildman–Crippen LogP) is 4.31. The van der Waals surface area contributed by atoms with Gasteiger partial charge < -0.3 is 25.5 Å². The summed E-state index contributed by atoms with van der Waals surface area (Å²) in [6, 6.07) is 9.37. The van der Waals surface area contributed by atoms with Crippen LogP contribution in [0.5, 0.6) is 5.75 Å². The standard InChI is InChI=1S/C21H22F3N3O3/c1-2-30-15-7-8-19(17(10-15)21(22,23)24)27-20(29)26-14(12-28)9-13-11-25-18-6-4-3-5-16(13)18/h3-8,10-11,14,25,28H,2,9,12H2,1H3,(H2,26,27,29). The Morgan fingerprint density at radius 2 is 2.00 bits per heavy atom. The van der Waals surface area contributed by atoms with Crippen LogP contribution in [0.4, 0.5) is 23.7 Å². The van der Waals surface area contributed by atoms with Gasteiger partial charge in [-0.05, 0) is 43.2 Å². The molecule has 1 atom stereocenters. The van der Waals surface area contributed by atoms with Crippen LogP contribution in [0.2, 0.25) is 0 Å². The summed E-state index contributed by atoms with van der Waals surface area (Å²) in [5, 5.41) is 15.3. The molecule has 160 valence electrons. The monoisotopic (exact) mass is 421 g/mol. The first-order chi connectivity index (χ1) is 14.3. The van der Waals surface area contributed by atoms with Crippen molar-refractivity contribution in [3.63, 3.8) is 0 Å². The Hall–Kier alpha value is -3.20. The van der Waals surface area contributed by atoms with Crippen molar-refractivity contribution in [2.24, 2.45) is 0 Å². The number of halogens is 3. The van der Waals surface area contributed by atoms with E-state index in [1.807, 2.05) is 24.3 Å². The van der Waals surface area contributed by atoms with Gasteiger partial charge in [0.1, 0.15) is 5.75 Å². The number of carbonyl (C=O) groups is 1. The van der Waals surface area contributed by atoms with Gasteiger partial charge in [0, 0.05) is 17.1 Å². The minimum absolute atomic E-state index is 0.0587. The average Bonchev–Trinajstić information content (AvgIpc) is 3.11. The van der Waals surface area contributed by atoms with Crippen LogP contribution in [0.15, 0.2) is 48.7 Å². The number of H-pyrrole nitrogens is 1. The van der Waals surface area contributed by atoms with E-state index in [0.29, 0.717) is 6.42 Å². The van der Waals surface area contributed by atoms with Gasteiger partial charge in [0.15, 0.2) is 0 Å². The molecule has 30 heavy (non-hydrogen) atoms. The molecule has 0 aliphatic rings. The van der Waals surface area contributed by atoms with E-state index in [-0.39, 0.29) is 19.0 Å². The number of ether oxygens (including phenoxy) is 1. The molecule has 1 unspecified atom stereocenters. The Morgan fingerprint density at radius 1 is 1.23 bits per heavy atom. The number of fused-ring (bicyclic) bond motifs is 1. The molecule has 0 bridgehead atoms. The summed E-state index contributed by atoms with van der Waals surface area (Å²) in [5.74, 6) is 0.0587. The topological polar surface area (TPSA) is 86.4 Å². The Kier molecular flexibility index (Phi) is 6.51. The lowest BCUT2D eigenvalue weighted by Gasteiger charge is -2.19. The van der Waals surface area contributed by atoms with E-state index in [9.17, 15) is 23.1 Å². The van der Waals surface area contributed by atoms with Crippen LogP contribution in [0.25, 0.3) is 10.9 Å². The second-order valence-electron chi connectivity index (χ2n) is 6.68. The number of hydrogen-bond donors (Lipinski definition) is 4. The summed E-state index contributed by atoms with van der Waals surface area (Å²) >= 11 is 0. The molecule has 6 nitrogen and oxygen atoms in total. The number of benzene rings is 2. The van der Waals surface area contributed by atoms with Crippen LogP contribution >= 0.6 is 0 Å². The highest BCUT2D eigenvalue weighted by atomic mass is 19.4. The van der Waals surface area contributed by atoms with Crippen LogP contribution < -0.4 is 15.4 Å². The number of anilines is 1. The van der Waals surface area contributed by atoms with Gasteiger partial charge in [0.2, 0.25) is 0 Å². The minimum atomic E-state index is -4.67. The third kappa shape index (κ3) is 5.04. The molecule has 3 aromatic rings. The van der Waals surface area contributed by atoms with Crippen molar-refractivity contribution in [1.82, 2.24) is 10.3 Å². The van der Waals surface area contributed by atoms with Gasteiger partial charge in [-0.3, -0.25) is 0 Å². The molecular weight excluding hydrogens is 399 g/mol. The first-order valence-corrected chi connectivity index (χ1v) is 9.39. The second-order valence-corrected chi connectivity index (χ2v) is 6.68. The van der Waals surface area contributed by atoms with Gasteiger partial charge in [0.05, 0.1) is 30.5 Å². The van der Waals surface area contributed by atoms with E-state index in [2.05, 4.69) is 15.6 Å². The highest BCUT2D eigenvalue weighted by Crippen LogP contribution is 2.37. The first-order valence-electron chi connectivity index (χ1n) is 9.39. The zero-order valence-electron chi connectivity index (χ0n) is 16.2. The number of amides is 2. The molecule has 0 fully saturated rings. The van der Waals surface area contributed by atoms with E-state index < -0.39 is 29.5 Å². The summed E-state index contributed by atoms with van der Waals surface area (Å²) in [6.07, 6.45) is -2.58. The maximum atomic E-state index is 13.4. The maximum Gasteiger partial charge on any atom is 0.418 e. The average molecular weight is 421 g/mol. The summed E-state index contributed by atoms with van der Waals surface area (Å²) in [6.45, 7) is 1.51. The van der Waals surface area contributed by atoms with E-state index in [1.54, 1.807) is 13.1 Å². The molecule has 9 heteroatoms. The second kappa shape index (κ2) is 9.08. The van der Waals surface area contributed by atoms with Crippen LogP contribution in [-0.4, -0.2) is 35.4 Å². The number of rotatable bonds is 7. The number of aliphatic hydroxyl groups excluding tert-OH is 1. The number of aromatic nitrogens is 1. The molecule has 0 radical (unpaired) electrons. The highest BCUT2D eigenvalue weighted by Gasteiger charge is 2.34. The first kappa shape index (κ1) is 21.5. The van der Waals surface area contributed by atoms with Crippen LogP contribution in [-0.2, 0) is 12.6 Å². The van der Waals surface area contributed by atoms with Gasteiger partial charge in [-0.15, -0.1) is 0 Å². The number of para-hydroxylation sites is 1.